The van der Waals surface area contributed by atoms with Gasteiger partial charge in [-0.1, -0.05) is 0 Å². The maximum absolute atomic E-state index is 10.7. The SMILES string of the molecule is C[n+]1ccn(CCCS(=O)(=O)O)c1.O=S(=O)([O-])C(F)(F)F. The summed E-state index contributed by atoms with van der Waals surface area (Å²) in [6.07, 6.45) is 5.99. The number of nitrogens with zero attached hydrogens (tertiary/aromatic N) is 2. The van der Waals surface area contributed by atoms with Crippen molar-refractivity contribution in [2.75, 3.05) is 5.75 Å². The van der Waals surface area contributed by atoms with Gasteiger partial charge in [0.1, 0.15) is 12.4 Å². The molecule has 1 aromatic rings. The highest BCUT2D eigenvalue weighted by atomic mass is 32.2. The van der Waals surface area contributed by atoms with Crippen LogP contribution in [0.3, 0.4) is 0 Å². The Labute approximate surface area is 119 Å². The number of hydrogen-bond donors (Lipinski definition) is 1. The molecule has 0 aromatic carbocycles. The summed E-state index contributed by atoms with van der Waals surface area (Å²) in [5.41, 5.74) is -5.65. The van der Waals surface area contributed by atoms with Gasteiger partial charge in [-0.2, -0.15) is 21.6 Å². The number of hydrogen-bond acceptors (Lipinski definition) is 5. The Kier molecular flexibility index (Phi) is 6.79. The summed E-state index contributed by atoms with van der Waals surface area (Å²) >= 11 is 0. The molecular weight excluding hydrogens is 341 g/mol. The molecule has 1 aromatic heterocycles. The van der Waals surface area contributed by atoms with Gasteiger partial charge in [0.15, 0.2) is 10.1 Å². The second-order valence-electron chi connectivity index (χ2n) is 3.86. The summed E-state index contributed by atoms with van der Waals surface area (Å²) in [4.78, 5) is 0. The summed E-state index contributed by atoms with van der Waals surface area (Å²) in [7, 11) is -8.01. The van der Waals surface area contributed by atoms with Crippen molar-refractivity contribution in [3.63, 3.8) is 0 Å². The zero-order valence-corrected chi connectivity index (χ0v) is 12.3. The number of halogens is 3. The van der Waals surface area contributed by atoms with Crippen molar-refractivity contribution in [2.24, 2.45) is 7.05 Å². The van der Waals surface area contributed by atoms with E-state index in [1.54, 1.807) is 0 Å². The van der Waals surface area contributed by atoms with E-state index in [-0.39, 0.29) is 5.75 Å². The molecule has 13 heteroatoms. The molecule has 21 heavy (non-hydrogen) atoms. The first kappa shape index (κ1) is 19.8. The zero-order chi connectivity index (χ0) is 16.9. The quantitative estimate of drug-likeness (QED) is 0.448. The Hall–Kier alpha value is -1.18. The molecule has 0 aliphatic carbocycles. The first-order valence-corrected chi connectivity index (χ1v) is 8.22. The van der Waals surface area contributed by atoms with Crippen molar-refractivity contribution in [1.82, 2.24) is 4.57 Å². The molecule has 0 saturated carbocycles. The van der Waals surface area contributed by atoms with Crippen LogP contribution in [-0.4, -0.2) is 41.8 Å². The van der Waals surface area contributed by atoms with Crippen LogP contribution in [-0.2, 0) is 33.8 Å². The second kappa shape index (κ2) is 7.20. The Balaban J connectivity index is 0.000000433. The minimum absolute atomic E-state index is 0.186. The highest BCUT2D eigenvalue weighted by Gasteiger charge is 2.36. The van der Waals surface area contributed by atoms with Gasteiger partial charge in [0, 0.05) is 6.42 Å². The molecule has 0 unspecified atom stereocenters. The van der Waals surface area contributed by atoms with Gasteiger partial charge in [-0.3, -0.25) is 4.55 Å². The van der Waals surface area contributed by atoms with Crippen molar-refractivity contribution in [1.29, 1.82) is 0 Å². The van der Waals surface area contributed by atoms with E-state index >= 15 is 0 Å². The number of aromatic nitrogens is 2. The fourth-order valence-electron chi connectivity index (χ4n) is 1.06. The molecule has 0 atom stereocenters. The average molecular weight is 354 g/mol. The first-order valence-electron chi connectivity index (χ1n) is 5.21. The van der Waals surface area contributed by atoms with Crippen LogP contribution < -0.4 is 4.57 Å². The largest absolute Gasteiger partial charge is 0.741 e. The lowest BCUT2D eigenvalue weighted by Crippen LogP contribution is -2.23. The van der Waals surface area contributed by atoms with Gasteiger partial charge < -0.3 is 4.55 Å². The molecule has 8 nitrogen and oxygen atoms in total. The van der Waals surface area contributed by atoms with Gasteiger partial charge in [0.2, 0.25) is 6.33 Å². The third-order valence-corrected chi connectivity index (χ3v) is 3.30. The van der Waals surface area contributed by atoms with Gasteiger partial charge in [-0.25, -0.2) is 17.6 Å². The molecule has 1 rings (SSSR count). The fourth-order valence-corrected chi connectivity index (χ4v) is 1.56. The maximum atomic E-state index is 10.7. The van der Waals surface area contributed by atoms with E-state index in [0.29, 0.717) is 13.0 Å². The van der Waals surface area contributed by atoms with Crippen molar-refractivity contribution in [3.8, 4) is 0 Å². The van der Waals surface area contributed by atoms with Crippen molar-refractivity contribution < 1.29 is 43.7 Å². The lowest BCUT2D eigenvalue weighted by atomic mass is 10.5. The maximum Gasteiger partial charge on any atom is 0.485 e. The van der Waals surface area contributed by atoms with Crippen LogP contribution in [0.2, 0.25) is 0 Å². The van der Waals surface area contributed by atoms with Crippen LogP contribution in [0.15, 0.2) is 18.7 Å². The fraction of sp³-hybridized carbons (Fsp3) is 0.625. The number of alkyl halides is 3. The topological polar surface area (TPSA) is 120 Å². The van der Waals surface area contributed by atoms with E-state index in [0.717, 1.165) is 0 Å². The molecule has 0 amide bonds. The highest BCUT2D eigenvalue weighted by Crippen LogP contribution is 2.20. The summed E-state index contributed by atoms with van der Waals surface area (Å²) in [5.74, 6) is -0.186. The van der Waals surface area contributed by atoms with E-state index in [9.17, 15) is 21.6 Å². The minimum Gasteiger partial charge on any atom is -0.741 e. The molecule has 0 radical (unpaired) electrons. The zero-order valence-electron chi connectivity index (χ0n) is 10.7. The first-order chi connectivity index (χ1) is 9.22. The van der Waals surface area contributed by atoms with Crippen LogP contribution in [0, 0.1) is 0 Å². The Morgan fingerprint density at radius 1 is 1.29 bits per heavy atom. The second-order valence-corrected chi connectivity index (χ2v) is 6.80. The predicted molar refractivity (Wildman–Crippen MR) is 62.4 cm³/mol. The molecule has 0 bridgehead atoms. The number of aryl methyl sites for hydroxylation is 2. The number of rotatable bonds is 4. The van der Waals surface area contributed by atoms with Gasteiger partial charge in [-0.05, 0) is 0 Å². The van der Waals surface area contributed by atoms with Crippen LogP contribution in [0.25, 0.3) is 0 Å². The van der Waals surface area contributed by atoms with E-state index < -0.39 is 25.7 Å². The molecule has 124 valence electrons. The molecule has 1 heterocycles. The van der Waals surface area contributed by atoms with Gasteiger partial charge in [0.05, 0.1) is 19.3 Å². The Morgan fingerprint density at radius 3 is 2.05 bits per heavy atom. The third kappa shape index (κ3) is 9.38. The molecule has 0 spiro atoms. The molecule has 0 fully saturated rings. The smallest absolute Gasteiger partial charge is 0.485 e. The molecule has 0 aliphatic rings. The summed E-state index contributed by atoms with van der Waals surface area (Å²) in [6, 6.07) is 0. The predicted octanol–water partition coefficient (Wildman–Crippen LogP) is -0.358. The molecule has 1 N–H and O–H groups in total. The Morgan fingerprint density at radius 2 is 1.76 bits per heavy atom. The van der Waals surface area contributed by atoms with Crippen LogP contribution in [0.1, 0.15) is 6.42 Å². The molecule has 0 aliphatic heterocycles. The Bertz CT molecular complexity index is 650. The summed E-state index contributed by atoms with van der Waals surface area (Å²) in [6.45, 7) is 0.598. The lowest BCUT2D eigenvalue weighted by molar-refractivity contribution is -0.671. The normalized spacial score (nSPS) is 12.7. The van der Waals surface area contributed by atoms with E-state index in [1.165, 1.54) is 0 Å². The number of imidazole rings is 1. The van der Waals surface area contributed by atoms with Gasteiger partial charge >= 0.3 is 5.51 Å². The van der Waals surface area contributed by atoms with E-state index in [1.807, 2.05) is 34.9 Å². The summed E-state index contributed by atoms with van der Waals surface area (Å²) < 4.78 is 91.8. The monoisotopic (exact) mass is 354 g/mol. The van der Waals surface area contributed by atoms with Gasteiger partial charge in [-0.15, -0.1) is 0 Å². The van der Waals surface area contributed by atoms with Crippen LogP contribution in [0.4, 0.5) is 13.2 Å². The standard InChI is InChI=1S/C7H12N2O3S.CHF3O3S/c1-8-4-5-9(7-8)3-2-6-13(10,11)12;2-1(3,4)8(5,6)7/h4-5,7H,2-3,6H2,1H3;(H,5,6,7). The van der Waals surface area contributed by atoms with Gasteiger partial charge in [0.25, 0.3) is 10.1 Å². The average Bonchev–Trinajstić information content (AvgIpc) is 2.60. The highest BCUT2D eigenvalue weighted by molar-refractivity contribution is 7.86. The molecule has 0 saturated heterocycles. The summed E-state index contributed by atoms with van der Waals surface area (Å²) in [5, 5.41) is 0. The van der Waals surface area contributed by atoms with Crippen LogP contribution in [0.5, 0.6) is 0 Å². The van der Waals surface area contributed by atoms with Crippen LogP contribution >= 0.6 is 0 Å². The lowest BCUT2D eigenvalue weighted by Gasteiger charge is -2.08. The van der Waals surface area contributed by atoms with Crippen molar-refractivity contribution in [3.05, 3.63) is 18.7 Å². The van der Waals surface area contributed by atoms with Crippen molar-refractivity contribution >= 4 is 20.2 Å². The van der Waals surface area contributed by atoms with E-state index in [4.69, 9.17) is 17.5 Å². The minimum atomic E-state index is -6.09. The van der Waals surface area contributed by atoms with E-state index in [2.05, 4.69) is 0 Å². The third-order valence-electron chi connectivity index (χ3n) is 1.93. The molecular formula is C8H13F3N2O6S2. The van der Waals surface area contributed by atoms with Crippen molar-refractivity contribution in [2.45, 2.75) is 18.5 Å².